The van der Waals surface area contributed by atoms with Gasteiger partial charge in [0.15, 0.2) is 0 Å². The molecule has 0 aromatic heterocycles. The molecule has 2 atom stereocenters. The molecule has 1 heterocycles. The Labute approximate surface area is 138 Å². The Morgan fingerprint density at radius 3 is 2.33 bits per heavy atom. The number of benzene rings is 2. The summed E-state index contributed by atoms with van der Waals surface area (Å²) < 4.78 is 39.4. The first-order chi connectivity index (χ1) is 11.6. The molecule has 126 valence electrons. The molecular weight excluding hydrogens is 316 g/mol. The predicted molar refractivity (Wildman–Crippen MR) is 83.6 cm³/mol. The van der Waals surface area contributed by atoms with E-state index in [9.17, 15) is 13.6 Å². The molecule has 3 rings (SSSR count). The van der Waals surface area contributed by atoms with Crippen molar-refractivity contribution < 1.29 is 23.0 Å². The molecule has 1 saturated heterocycles. The Morgan fingerprint density at radius 2 is 1.75 bits per heavy atom. The summed E-state index contributed by atoms with van der Waals surface area (Å²) in [6.07, 6.45) is -1.61. The van der Waals surface area contributed by atoms with Gasteiger partial charge in [-0.25, -0.2) is 4.79 Å². The van der Waals surface area contributed by atoms with E-state index < -0.39 is 24.2 Å². The van der Waals surface area contributed by atoms with Crippen LogP contribution in [0.1, 0.15) is 11.1 Å². The number of rotatable bonds is 6. The summed E-state index contributed by atoms with van der Waals surface area (Å²) in [7, 11) is 0. The second kappa shape index (κ2) is 6.97. The number of ether oxygens (including phenoxy) is 2. The van der Waals surface area contributed by atoms with E-state index in [1.54, 1.807) is 30.3 Å². The number of nitrogens with one attached hydrogen (secondary N) is 1. The topological polar surface area (TPSA) is 50.9 Å². The molecule has 6 heteroatoms. The number of halogens is 2. The van der Waals surface area contributed by atoms with Crippen LogP contribution in [0.3, 0.4) is 0 Å². The maximum atomic E-state index is 14.7. The number of amides is 1. The molecule has 2 aromatic carbocycles. The molecule has 0 saturated carbocycles. The van der Waals surface area contributed by atoms with Crippen LogP contribution in [0.25, 0.3) is 0 Å². The smallest absolute Gasteiger partial charge is 0.407 e. The number of carbonyl (C=O) groups excluding carboxylic acids is 1. The van der Waals surface area contributed by atoms with Crippen LogP contribution in [0.15, 0.2) is 60.7 Å². The summed E-state index contributed by atoms with van der Waals surface area (Å²) >= 11 is 0. The Bertz CT molecular complexity index is 675. The SMILES string of the molecule is O=C(N[C@@H]([C@@H]1CO1)C(F)(F)c1ccccc1)OCc1ccccc1. The molecule has 4 nitrogen and oxygen atoms in total. The molecule has 0 aliphatic carbocycles. The van der Waals surface area contributed by atoms with Crippen LogP contribution in [0.2, 0.25) is 0 Å². The highest BCUT2D eigenvalue weighted by atomic mass is 19.3. The van der Waals surface area contributed by atoms with Crippen molar-refractivity contribution in [3.05, 3.63) is 71.8 Å². The first-order valence-corrected chi connectivity index (χ1v) is 7.59. The molecule has 0 bridgehead atoms. The summed E-state index contributed by atoms with van der Waals surface area (Å²) in [5, 5.41) is 2.25. The number of epoxide rings is 1. The summed E-state index contributed by atoms with van der Waals surface area (Å²) in [6, 6.07) is 14.9. The van der Waals surface area contributed by atoms with Crippen molar-refractivity contribution in [1.82, 2.24) is 5.32 Å². The Hall–Kier alpha value is -2.47. The van der Waals surface area contributed by atoms with Gasteiger partial charge in [0.25, 0.3) is 5.92 Å². The minimum atomic E-state index is -3.26. The number of hydrogen-bond acceptors (Lipinski definition) is 3. The van der Waals surface area contributed by atoms with E-state index in [1.165, 1.54) is 24.3 Å². The van der Waals surface area contributed by atoms with Crippen LogP contribution in [0.4, 0.5) is 13.6 Å². The number of alkyl halides is 2. The zero-order valence-corrected chi connectivity index (χ0v) is 12.8. The fourth-order valence-electron chi connectivity index (χ4n) is 2.40. The molecule has 1 aliphatic rings. The Kier molecular flexibility index (Phi) is 4.76. The predicted octanol–water partition coefficient (Wildman–Crippen LogP) is 3.47. The summed E-state index contributed by atoms with van der Waals surface area (Å²) in [4.78, 5) is 11.9. The molecule has 1 fully saturated rings. The van der Waals surface area contributed by atoms with Gasteiger partial charge in [-0.1, -0.05) is 60.7 Å². The lowest BCUT2D eigenvalue weighted by Crippen LogP contribution is -2.49. The minimum absolute atomic E-state index is 0.0157. The van der Waals surface area contributed by atoms with Crippen molar-refractivity contribution in [3.63, 3.8) is 0 Å². The average Bonchev–Trinajstić information content (AvgIpc) is 3.44. The third kappa shape index (κ3) is 3.89. The quantitative estimate of drug-likeness (QED) is 0.824. The van der Waals surface area contributed by atoms with Gasteiger partial charge in [-0.15, -0.1) is 0 Å². The minimum Gasteiger partial charge on any atom is -0.445 e. The van der Waals surface area contributed by atoms with E-state index >= 15 is 0 Å². The Morgan fingerprint density at radius 1 is 1.17 bits per heavy atom. The van der Waals surface area contributed by atoms with Crippen molar-refractivity contribution >= 4 is 6.09 Å². The van der Waals surface area contributed by atoms with Crippen molar-refractivity contribution in [3.8, 4) is 0 Å². The van der Waals surface area contributed by atoms with Crippen molar-refractivity contribution in [2.45, 2.75) is 24.7 Å². The zero-order chi connectivity index (χ0) is 17.0. The van der Waals surface area contributed by atoms with Crippen LogP contribution in [-0.2, 0) is 22.0 Å². The first-order valence-electron chi connectivity index (χ1n) is 7.59. The molecule has 0 radical (unpaired) electrons. The molecule has 1 amide bonds. The third-order valence-corrected chi connectivity index (χ3v) is 3.77. The van der Waals surface area contributed by atoms with Crippen molar-refractivity contribution in [1.29, 1.82) is 0 Å². The second-order valence-electron chi connectivity index (χ2n) is 5.54. The molecule has 2 aromatic rings. The monoisotopic (exact) mass is 333 g/mol. The van der Waals surface area contributed by atoms with E-state index in [0.29, 0.717) is 0 Å². The van der Waals surface area contributed by atoms with Gasteiger partial charge >= 0.3 is 6.09 Å². The maximum absolute atomic E-state index is 14.7. The highest BCUT2D eigenvalue weighted by molar-refractivity contribution is 5.68. The summed E-state index contributed by atoms with van der Waals surface area (Å²) in [5.41, 5.74) is 0.607. The van der Waals surface area contributed by atoms with Crippen LogP contribution in [0.5, 0.6) is 0 Å². The zero-order valence-electron chi connectivity index (χ0n) is 12.8. The van der Waals surface area contributed by atoms with Gasteiger partial charge in [0.1, 0.15) is 18.8 Å². The van der Waals surface area contributed by atoms with E-state index in [-0.39, 0.29) is 18.8 Å². The number of hydrogen-bond donors (Lipinski definition) is 1. The normalized spacial score (nSPS) is 17.8. The van der Waals surface area contributed by atoms with Gasteiger partial charge in [0, 0.05) is 5.56 Å². The third-order valence-electron chi connectivity index (χ3n) is 3.77. The lowest BCUT2D eigenvalue weighted by atomic mass is 9.99. The largest absolute Gasteiger partial charge is 0.445 e. The van der Waals surface area contributed by atoms with Crippen molar-refractivity contribution in [2.75, 3.05) is 6.61 Å². The van der Waals surface area contributed by atoms with Crippen LogP contribution in [-0.4, -0.2) is 24.8 Å². The molecule has 0 unspecified atom stereocenters. The highest BCUT2D eigenvalue weighted by Crippen LogP contribution is 2.37. The standard InChI is InChI=1S/C18H17F2NO3/c19-18(20,14-9-5-2-6-10-14)16(15-12-23-15)21-17(22)24-11-13-7-3-1-4-8-13/h1-10,15-16H,11-12H2,(H,21,22)/t15-,16-/m0/s1. The van der Waals surface area contributed by atoms with Crippen LogP contribution in [0, 0.1) is 0 Å². The molecule has 1 aliphatic heterocycles. The summed E-state index contributed by atoms with van der Waals surface area (Å²) in [5.74, 6) is -3.26. The maximum Gasteiger partial charge on any atom is 0.407 e. The lowest BCUT2D eigenvalue weighted by molar-refractivity contribution is -0.0509. The molecule has 1 N–H and O–H groups in total. The summed E-state index contributed by atoms with van der Waals surface area (Å²) in [6.45, 7) is 0.202. The van der Waals surface area contributed by atoms with E-state index in [4.69, 9.17) is 9.47 Å². The van der Waals surface area contributed by atoms with E-state index in [2.05, 4.69) is 5.32 Å². The molecule has 24 heavy (non-hydrogen) atoms. The van der Waals surface area contributed by atoms with E-state index in [0.717, 1.165) is 5.56 Å². The Balaban J connectivity index is 1.65. The van der Waals surface area contributed by atoms with Gasteiger partial charge < -0.3 is 14.8 Å². The highest BCUT2D eigenvalue weighted by Gasteiger charge is 2.51. The lowest BCUT2D eigenvalue weighted by Gasteiger charge is -2.26. The fraction of sp³-hybridized carbons (Fsp3) is 0.278. The van der Waals surface area contributed by atoms with E-state index in [1.807, 2.05) is 6.07 Å². The van der Waals surface area contributed by atoms with Gasteiger partial charge in [-0.2, -0.15) is 8.78 Å². The number of carbonyl (C=O) groups is 1. The van der Waals surface area contributed by atoms with Crippen LogP contribution >= 0.6 is 0 Å². The average molecular weight is 333 g/mol. The second-order valence-corrected chi connectivity index (χ2v) is 5.54. The fourth-order valence-corrected chi connectivity index (χ4v) is 2.40. The number of alkyl carbamates (subject to hydrolysis) is 1. The first kappa shape index (κ1) is 16.4. The molecule has 0 spiro atoms. The van der Waals surface area contributed by atoms with Gasteiger partial charge in [0.2, 0.25) is 0 Å². The van der Waals surface area contributed by atoms with Crippen LogP contribution < -0.4 is 5.32 Å². The van der Waals surface area contributed by atoms with Gasteiger partial charge in [-0.3, -0.25) is 0 Å². The van der Waals surface area contributed by atoms with Crippen molar-refractivity contribution in [2.24, 2.45) is 0 Å². The van der Waals surface area contributed by atoms with Gasteiger partial charge in [-0.05, 0) is 5.56 Å². The molecular formula is C18H17F2NO3. The van der Waals surface area contributed by atoms with Gasteiger partial charge in [0.05, 0.1) is 6.61 Å².